The van der Waals surface area contributed by atoms with Crippen LogP contribution >= 0.6 is 11.3 Å². The van der Waals surface area contributed by atoms with E-state index in [9.17, 15) is 4.39 Å². The van der Waals surface area contributed by atoms with Gasteiger partial charge in [-0.05, 0) is 48.6 Å². The largest absolute Gasteiger partial charge is 0.273 e. The van der Waals surface area contributed by atoms with E-state index in [1.54, 1.807) is 23.6 Å². The first-order valence-corrected chi connectivity index (χ1v) is 7.61. The second kappa shape index (κ2) is 5.93. The smallest absolute Gasteiger partial charge is 0.123 e. The first-order chi connectivity index (χ1) is 10.2. The van der Waals surface area contributed by atoms with Gasteiger partial charge in [-0.2, -0.15) is 5.10 Å². The second-order valence-corrected chi connectivity index (χ2v) is 6.15. The van der Waals surface area contributed by atoms with Crippen LogP contribution in [-0.4, -0.2) is 9.78 Å². The van der Waals surface area contributed by atoms with Crippen LogP contribution in [0.1, 0.15) is 23.0 Å². The van der Waals surface area contributed by atoms with E-state index in [-0.39, 0.29) is 11.9 Å². The van der Waals surface area contributed by atoms with Crippen LogP contribution in [0.25, 0.3) is 10.1 Å². The number of aryl methyl sites for hydroxylation is 2. The number of hydrogen-bond donors (Lipinski definition) is 2. The third-order valence-corrected chi connectivity index (χ3v) is 4.88. The molecule has 0 saturated heterocycles. The van der Waals surface area contributed by atoms with E-state index in [0.717, 1.165) is 27.8 Å². The zero-order valence-electron chi connectivity index (χ0n) is 11.7. The number of rotatable bonds is 5. The SMILES string of the molecule is Cn1nccc1CCC(NN)c1cc2cc(F)ccc2s1. The Morgan fingerprint density at radius 3 is 2.95 bits per heavy atom. The molecule has 1 aromatic carbocycles. The van der Waals surface area contributed by atoms with Crippen LogP contribution < -0.4 is 11.3 Å². The molecule has 2 heterocycles. The van der Waals surface area contributed by atoms with E-state index in [1.165, 1.54) is 11.8 Å². The maximum atomic E-state index is 13.3. The molecule has 110 valence electrons. The Morgan fingerprint density at radius 1 is 1.38 bits per heavy atom. The summed E-state index contributed by atoms with van der Waals surface area (Å²) >= 11 is 1.65. The van der Waals surface area contributed by atoms with Crippen LogP contribution in [0.3, 0.4) is 0 Å². The first kappa shape index (κ1) is 14.2. The molecule has 2 aromatic heterocycles. The summed E-state index contributed by atoms with van der Waals surface area (Å²) in [6.07, 6.45) is 3.54. The van der Waals surface area contributed by atoms with Gasteiger partial charge in [-0.25, -0.2) is 4.39 Å². The second-order valence-electron chi connectivity index (χ2n) is 5.03. The molecular weight excluding hydrogens is 287 g/mol. The number of nitrogens with one attached hydrogen (secondary N) is 1. The van der Waals surface area contributed by atoms with Crippen molar-refractivity contribution < 1.29 is 4.39 Å². The molecule has 1 atom stereocenters. The average Bonchev–Trinajstić information content (AvgIpc) is 3.05. The molecule has 4 nitrogen and oxygen atoms in total. The van der Waals surface area contributed by atoms with E-state index in [4.69, 9.17) is 5.84 Å². The lowest BCUT2D eigenvalue weighted by molar-refractivity contribution is 0.514. The fourth-order valence-electron chi connectivity index (χ4n) is 2.45. The number of aromatic nitrogens is 2. The lowest BCUT2D eigenvalue weighted by Crippen LogP contribution is -2.27. The number of thiophene rings is 1. The minimum absolute atomic E-state index is 0.0559. The molecule has 0 saturated carbocycles. The number of hydrazine groups is 1. The lowest BCUT2D eigenvalue weighted by atomic mass is 10.1. The molecule has 0 aliphatic rings. The summed E-state index contributed by atoms with van der Waals surface area (Å²) < 4.78 is 16.2. The molecule has 0 spiro atoms. The van der Waals surface area contributed by atoms with Crippen LogP contribution in [0.5, 0.6) is 0 Å². The van der Waals surface area contributed by atoms with E-state index < -0.39 is 0 Å². The number of nitrogens with two attached hydrogens (primary N) is 1. The monoisotopic (exact) mass is 304 g/mol. The molecule has 1 unspecified atom stereocenters. The van der Waals surface area contributed by atoms with Gasteiger partial charge in [0.05, 0.1) is 6.04 Å². The molecule has 0 amide bonds. The van der Waals surface area contributed by atoms with Crippen LogP contribution in [0.4, 0.5) is 4.39 Å². The maximum Gasteiger partial charge on any atom is 0.123 e. The fourth-order valence-corrected chi connectivity index (χ4v) is 3.59. The third kappa shape index (κ3) is 2.97. The van der Waals surface area contributed by atoms with Gasteiger partial charge >= 0.3 is 0 Å². The molecule has 6 heteroatoms. The van der Waals surface area contributed by atoms with Gasteiger partial charge in [0.2, 0.25) is 0 Å². The quantitative estimate of drug-likeness (QED) is 0.563. The molecule has 0 aliphatic carbocycles. The van der Waals surface area contributed by atoms with Crippen molar-refractivity contribution in [1.29, 1.82) is 0 Å². The van der Waals surface area contributed by atoms with E-state index in [1.807, 2.05) is 29.9 Å². The normalized spacial score (nSPS) is 12.9. The van der Waals surface area contributed by atoms with Crippen molar-refractivity contribution in [2.75, 3.05) is 0 Å². The fraction of sp³-hybridized carbons (Fsp3) is 0.267. The Bertz CT molecular complexity index is 749. The van der Waals surface area contributed by atoms with E-state index in [2.05, 4.69) is 10.5 Å². The maximum absolute atomic E-state index is 13.3. The lowest BCUT2D eigenvalue weighted by Gasteiger charge is -2.13. The van der Waals surface area contributed by atoms with Crippen molar-refractivity contribution in [2.24, 2.45) is 12.9 Å². The van der Waals surface area contributed by atoms with Crippen molar-refractivity contribution in [1.82, 2.24) is 15.2 Å². The van der Waals surface area contributed by atoms with Gasteiger partial charge in [-0.3, -0.25) is 16.0 Å². The predicted molar refractivity (Wildman–Crippen MR) is 83.4 cm³/mol. The summed E-state index contributed by atoms with van der Waals surface area (Å²) in [5.74, 6) is 5.48. The van der Waals surface area contributed by atoms with Gasteiger partial charge in [-0.1, -0.05) is 0 Å². The van der Waals surface area contributed by atoms with Gasteiger partial charge in [-0.15, -0.1) is 11.3 Å². The highest BCUT2D eigenvalue weighted by Gasteiger charge is 2.14. The minimum Gasteiger partial charge on any atom is -0.273 e. The Hall–Kier alpha value is -1.76. The van der Waals surface area contributed by atoms with Crippen molar-refractivity contribution >= 4 is 21.4 Å². The third-order valence-electron chi connectivity index (χ3n) is 3.65. The number of benzene rings is 1. The summed E-state index contributed by atoms with van der Waals surface area (Å²) in [5.41, 5.74) is 4.03. The van der Waals surface area contributed by atoms with Crippen molar-refractivity contribution in [3.63, 3.8) is 0 Å². The molecule has 0 aliphatic heterocycles. The predicted octanol–water partition coefficient (Wildman–Crippen LogP) is 2.91. The van der Waals surface area contributed by atoms with Crippen LogP contribution in [-0.2, 0) is 13.5 Å². The molecule has 0 fully saturated rings. The zero-order chi connectivity index (χ0) is 14.8. The van der Waals surface area contributed by atoms with Gasteiger partial charge in [0.1, 0.15) is 5.82 Å². The van der Waals surface area contributed by atoms with Gasteiger partial charge < -0.3 is 0 Å². The summed E-state index contributed by atoms with van der Waals surface area (Å²) in [5, 5.41) is 5.09. The molecule has 3 aromatic rings. The number of hydrogen-bond acceptors (Lipinski definition) is 4. The minimum atomic E-state index is -0.209. The zero-order valence-corrected chi connectivity index (χ0v) is 12.5. The molecular formula is C15H17FN4S. The van der Waals surface area contributed by atoms with Crippen LogP contribution in [0.2, 0.25) is 0 Å². The molecule has 21 heavy (non-hydrogen) atoms. The summed E-state index contributed by atoms with van der Waals surface area (Å²) in [4.78, 5) is 1.13. The highest BCUT2D eigenvalue weighted by Crippen LogP contribution is 2.32. The summed E-state index contributed by atoms with van der Waals surface area (Å²) in [6.45, 7) is 0. The topological polar surface area (TPSA) is 55.9 Å². The average molecular weight is 304 g/mol. The Balaban J connectivity index is 1.79. The summed E-state index contributed by atoms with van der Waals surface area (Å²) in [7, 11) is 1.93. The van der Waals surface area contributed by atoms with Crippen molar-refractivity contribution in [3.8, 4) is 0 Å². The van der Waals surface area contributed by atoms with Gasteiger partial charge in [0, 0.05) is 28.5 Å². The van der Waals surface area contributed by atoms with Crippen LogP contribution in [0.15, 0.2) is 36.5 Å². The van der Waals surface area contributed by atoms with Gasteiger partial charge in [0.15, 0.2) is 0 Å². The number of nitrogens with zero attached hydrogens (tertiary/aromatic N) is 2. The summed E-state index contributed by atoms with van der Waals surface area (Å²) in [6, 6.07) is 8.94. The van der Waals surface area contributed by atoms with E-state index in [0.29, 0.717) is 0 Å². The van der Waals surface area contributed by atoms with Gasteiger partial charge in [0.25, 0.3) is 0 Å². The number of halogens is 1. The Labute approximate surface area is 126 Å². The Kier molecular flexibility index (Phi) is 4.01. The molecule has 0 bridgehead atoms. The first-order valence-electron chi connectivity index (χ1n) is 6.79. The van der Waals surface area contributed by atoms with Crippen molar-refractivity contribution in [2.45, 2.75) is 18.9 Å². The molecule has 3 N–H and O–H groups in total. The van der Waals surface area contributed by atoms with Crippen LogP contribution in [0, 0.1) is 5.82 Å². The Morgan fingerprint density at radius 2 is 2.24 bits per heavy atom. The highest BCUT2D eigenvalue weighted by molar-refractivity contribution is 7.19. The van der Waals surface area contributed by atoms with Crippen molar-refractivity contribution in [3.05, 3.63) is 52.9 Å². The molecule has 3 rings (SSSR count). The molecule has 0 radical (unpaired) electrons. The number of fused-ring (bicyclic) bond motifs is 1. The highest BCUT2D eigenvalue weighted by atomic mass is 32.1. The van der Waals surface area contributed by atoms with E-state index >= 15 is 0 Å². The standard InChI is InChI=1S/C15H17FN4S/c1-20-12(6-7-18-20)3-4-13(19-17)15-9-10-8-11(16)2-5-14(10)21-15/h2,5-9,13,19H,3-4,17H2,1H3.